The van der Waals surface area contributed by atoms with Crippen molar-refractivity contribution in [2.45, 2.75) is 12.8 Å². The third kappa shape index (κ3) is 3.04. The van der Waals surface area contributed by atoms with Crippen LogP contribution in [0.2, 0.25) is 0 Å². The van der Waals surface area contributed by atoms with E-state index in [0.717, 1.165) is 0 Å². The van der Waals surface area contributed by atoms with Crippen LogP contribution in [0.25, 0.3) is 0 Å². The number of hydrogen-bond acceptors (Lipinski definition) is 4. The second-order valence-corrected chi connectivity index (χ2v) is 4.74. The summed E-state index contributed by atoms with van der Waals surface area (Å²) in [4.78, 5) is 37.3. The zero-order valence-electron chi connectivity index (χ0n) is 11.4. The van der Waals surface area contributed by atoms with Crippen molar-refractivity contribution < 1.29 is 19.1 Å². The maximum absolute atomic E-state index is 12.3. The smallest absolute Gasteiger partial charge is 0.316 e. The van der Waals surface area contributed by atoms with Crippen molar-refractivity contribution in [2.75, 3.05) is 20.2 Å². The molecule has 1 amide bonds. The summed E-state index contributed by atoms with van der Waals surface area (Å²) >= 11 is 0. The third-order valence-electron chi connectivity index (χ3n) is 3.50. The summed E-state index contributed by atoms with van der Waals surface area (Å²) in [7, 11) is 1.27. The molecule has 1 heterocycles. The minimum atomic E-state index is -0.742. The molecule has 1 aliphatic heterocycles. The van der Waals surface area contributed by atoms with Crippen LogP contribution in [-0.2, 0) is 14.3 Å². The van der Waals surface area contributed by atoms with Crippen molar-refractivity contribution in [1.82, 2.24) is 4.90 Å². The van der Waals surface area contributed by atoms with Gasteiger partial charge in [0.05, 0.1) is 7.11 Å². The number of carbonyl (C=O) groups is 3. The summed E-state index contributed by atoms with van der Waals surface area (Å²) in [6.45, 7) is 0.735. The maximum Gasteiger partial charge on any atom is 0.316 e. The minimum absolute atomic E-state index is 0.107. The van der Waals surface area contributed by atoms with Gasteiger partial charge in [-0.15, -0.1) is 0 Å². The SMILES string of the molecule is COC(=O)C1CCN(C(=O)c2ccccc2)CCC1=O. The first-order chi connectivity index (χ1) is 9.63. The summed E-state index contributed by atoms with van der Waals surface area (Å²) in [6, 6.07) is 8.93. The molecular formula is C15H17NO4. The van der Waals surface area contributed by atoms with Gasteiger partial charge in [0.1, 0.15) is 11.7 Å². The van der Waals surface area contributed by atoms with Crippen LogP contribution in [0.15, 0.2) is 30.3 Å². The first-order valence-corrected chi connectivity index (χ1v) is 6.58. The fraction of sp³-hybridized carbons (Fsp3) is 0.400. The summed E-state index contributed by atoms with van der Waals surface area (Å²) < 4.78 is 4.63. The predicted molar refractivity (Wildman–Crippen MR) is 72.1 cm³/mol. The lowest BCUT2D eigenvalue weighted by atomic mass is 10.00. The zero-order chi connectivity index (χ0) is 14.5. The molecule has 20 heavy (non-hydrogen) atoms. The number of ether oxygens (including phenoxy) is 1. The van der Waals surface area contributed by atoms with Crippen LogP contribution in [0.5, 0.6) is 0 Å². The van der Waals surface area contributed by atoms with Gasteiger partial charge in [0.25, 0.3) is 5.91 Å². The van der Waals surface area contributed by atoms with Gasteiger partial charge in [-0.05, 0) is 18.6 Å². The van der Waals surface area contributed by atoms with E-state index in [1.54, 1.807) is 29.2 Å². The van der Waals surface area contributed by atoms with Crippen LogP contribution in [-0.4, -0.2) is 42.8 Å². The van der Waals surface area contributed by atoms with Crippen LogP contribution in [0.1, 0.15) is 23.2 Å². The first-order valence-electron chi connectivity index (χ1n) is 6.58. The lowest BCUT2D eigenvalue weighted by molar-refractivity contribution is -0.149. The molecule has 5 nitrogen and oxygen atoms in total. The van der Waals surface area contributed by atoms with Gasteiger partial charge >= 0.3 is 5.97 Å². The molecule has 106 valence electrons. The first kappa shape index (κ1) is 14.2. The number of nitrogens with zero attached hydrogens (tertiary/aromatic N) is 1. The Balaban J connectivity index is 2.08. The Morgan fingerprint density at radius 1 is 1.20 bits per heavy atom. The molecular weight excluding hydrogens is 258 g/mol. The fourth-order valence-electron chi connectivity index (χ4n) is 2.34. The number of ketones is 1. The van der Waals surface area contributed by atoms with Gasteiger partial charge in [0.15, 0.2) is 0 Å². The number of methoxy groups -OCH3 is 1. The number of rotatable bonds is 2. The van der Waals surface area contributed by atoms with Gasteiger partial charge in [0.2, 0.25) is 0 Å². The van der Waals surface area contributed by atoms with Crippen LogP contribution in [0.3, 0.4) is 0 Å². The number of Topliss-reactive ketones (excluding diaryl/α,β-unsaturated/α-hetero) is 1. The normalized spacial score (nSPS) is 19.4. The molecule has 0 saturated carbocycles. The second-order valence-electron chi connectivity index (χ2n) is 4.74. The summed E-state index contributed by atoms with van der Waals surface area (Å²) in [5, 5.41) is 0. The summed E-state index contributed by atoms with van der Waals surface area (Å²) in [5.74, 6) is -1.51. The minimum Gasteiger partial charge on any atom is -0.468 e. The van der Waals surface area contributed by atoms with Gasteiger partial charge in [-0.3, -0.25) is 14.4 Å². The van der Waals surface area contributed by atoms with Gasteiger partial charge < -0.3 is 9.64 Å². The van der Waals surface area contributed by atoms with Gasteiger partial charge in [-0.1, -0.05) is 18.2 Å². The molecule has 1 aliphatic rings. The van der Waals surface area contributed by atoms with E-state index in [4.69, 9.17) is 0 Å². The van der Waals surface area contributed by atoms with Crippen molar-refractivity contribution in [3.63, 3.8) is 0 Å². The van der Waals surface area contributed by atoms with Crippen molar-refractivity contribution in [2.24, 2.45) is 5.92 Å². The van der Waals surface area contributed by atoms with E-state index < -0.39 is 11.9 Å². The number of benzene rings is 1. The van der Waals surface area contributed by atoms with Crippen LogP contribution in [0, 0.1) is 5.92 Å². The van der Waals surface area contributed by atoms with E-state index in [9.17, 15) is 14.4 Å². The zero-order valence-corrected chi connectivity index (χ0v) is 11.4. The van der Waals surface area contributed by atoms with Gasteiger partial charge in [-0.25, -0.2) is 0 Å². The second kappa shape index (κ2) is 6.32. The highest BCUT2D eigenvalue weighted by molar-refractivity contribution is 6.00. The molecule has 1 aromatic carbocycles. The Kier molecular flexibility index (Phi) is 4.50. The van der Waals surface area contributed by atoms with Gasteiger partial charge in [-0.2, -0.15) is 0 Å². The highest BCUT2D eigenvalue weighted by atomic mass is 16.5. The van der Waals surface area contributed by atoms with E-state index in [1.807, 2.05) is 6.07 Å². The molecule has 5 heteroatoms. The van der Waals surface area contributed by atoms with E-state index in [0.29, 0.717) is 25.1 Å². The topological polar surface area (TPSA) is 63.7 Å². The molecule has 0 bridgehead atoms. The molecule has 0 aliphatic carbocycles. The third-order valence-corrected chi connectivity index (χ3v) is 3.50. The van der Waals surface area contributed by atoms with Gasteiger partial charge in [0, 0.05) is 25.1 Å². The average Bonchev–Trinajstić information content (AvgIpc) is 2.68. The molecule has 1 saturated heterocycles. The average molecular weight is 275 g/mol. The molecule has 1 fully saturated rings. The number of hydrogen-bond donors (Lipinski definition) is 0. The molecule has 1 atom stereocenters. The molecule has 0 aromatic heterocycles. The Morgan fingerprint density at radius 2 is 1.90 bits per heavy atom. The monoisotopic (exact) mass is 275 g/mol. The van der Waals surface area contributed by atoms with E-state index in [-0.39, 0.29) is 18.1 Å². The summed E-state index contributed by atoms with van der Waals surface area (Å²) in [5.41, 5.74) is 0.594. The number of likely N-dealkylation sites (tertiary alicyclic amines) is 1. The number of esters is 1. The predicted octanol–water partition coefficient (Wildman–Crippen LogP) is 1.28. The molecule has 1 unspecified atom stereocenters. The van der Waals surface area contributed by atoms with Crippen LogP contribution in [0.4, 0.5) is 0 Å². The fourth-order valence-corrected chi connectivity index (χ4v) is 2.34. The molecule has 0 N–H and O–H groups in total. The van der Waals surface area contributed by atoms with Crippen molar-refractivity contribution in [1.29, 1.82) is 0 Å². The highest BCUT2D eigenvalue weighted by Gasteiger charge is 2.32. The Morgan fingerprint density at radius 3 is 2.55 bits per heavy atom. The lowest BCUT2D eigenvalue weighted by Crippen LogP contribution is -2.32. The molecule has 0 spiro atoms. The Bertz CT molecular complexity index is 512. The van der Waals surface area contributed by atoms with Crippen molar-refractivity contribution >= 4 is 17.7 Å². The standard InChI is InChI=1S/C15H17NO4/c1-20-15(19)12-7-9-16(10-8-13(12)17)14(18)11-5-3-2-4-6-11/h2-6,12H,7-10H2,1H3. The molecule has 2 rings (SSSR count). The van der Waals surface area contributed by atoms with Crippen LogP contribution >= 0.6 is 0 Å². The van der Waals surface area contributed by atoms with Crippen molar-refractivity contribution in [3.8, 4) is 0 Å². The van der Waals surface area contributed by atoms with Crippen LogP contribution < -0.4 is 0 Å². The molecule has 0 radical (unpaired) electrons. The quantitative estimate of drug-likeness (QED) is 0.602. The summed E-state index contributed by atoms with van der Waals surface area (Å²) in [6.07, 6.45) is 0.516. The Labute approximate surface area is 117 Å². The van der Waals surface area contributed by atoms with E-state index in [1.165, 1.54) is 7.11 Å². The van der Waals surface area contributed by atoms with E-state index in [2.05, 4.69) is 4.74 Å². The number of amides is 1. The number of carbonyl (C=O) groups excluding carboxylic acids is 3. The maximum atomic E-state index is 12.3. The lowest BCUT2D eigenvalue weighted by Gasteiger charge is -2.20. The van der Waals surface area contributed by atoms with Crippen molar-refractivity contribution in [3.05, 3.63) is 35.9 Å². The highest BCUT2D eigenvalue weighted by Crippen LogP contribution is 2.17. The molecule has 1 aromatic rings. The largest absolute Gasteiger partial charge is 0.468 e. The Hall–Kier alpha value is -2.17. The van der Waals surface area contributed by atoms with E-state index >= 15 is 0 Å².